The minimum absolute atomic E-state index is 0.282. The van der Waals surface area contributed by atoms with Gasteiger partial charge in [0.15, 0.2) is 5.13 Å². The Kier molecular flexibility index (Phi) is 2.84. The van der Waals surface area contributed by atoms with Crippen LogP contribution in [0.2, 0.25) is 0 Å². The van der Waals surface area contributed by atoms with Crippen molar-refractivity contribution in [3.05, 3.63) is 29.9 Å². The molecule has 76 valence electrons. The minimum atomic E-state index is -0.289. The molecule has 0 aliphatic carbocycles. The van der Waals surface area contributed by atoms with Gasteiger partial charge in [-0.1, -0.05) is 0 Å². The standard InChI is InChI=1S/C8H6N4O2S/c13-6(11-8-9-3-4-15-8)1-2-7-12-10-5-14-7/h1-5H,(H,9,11,13)/b2-1+. The van der Waals surface area contributed by atoms with E-state index in [4.69, 9.17) is 4.42 Å². The quantitative estimate of drug-likeness (QED) is 0.788. The molecule has 0 spiro atoms. The van der Waals surface area contributed by atoms with Gasteiger partial charge in [-0.05, 0) is 0 Å². The van der Waals surface area contributed by atoms with Crippen LogP contribution in [0.5, 0.6) is 0 Å². The van der Waals surface area contributed by atoms with Crippen LogP contribution in [0.15, 0.2) is 28.5 Å². The second-order valence-corrected chi connectivity index (χ2v) is 3.33. The molecule has 0 fully saturated rings. The molecule has 0 unspecified atom stereocenters. The lowest BCUT2D eigenvalue weighted by atomic mass is 10.5. The summed E-state index contributed by atoms with van der Waals surface area (Å²) in [5.74, 6) is -0.00700. The molecule has 0 aliphatic rings. The Balaban J connectivity index is 1.93. The van der Waals surface area contributed by atoms with Crippen molar-refractivity contribution in [3.8, 4) is 0 Å². The summed E-state index contributed by atoms with van der Waals surface area (Å²) in [6.07, 6.45) is 5.53. The van der Waals surface area contributed by atoms with Gasteiger partial charge in [0.1, 0.15) is 0 Å². The maximum absolute atomic E-state index is 11.3. The number of carbonyl (C=O) groups excluding carboxylic acids is 1. The zero-order chi connectivity index (χ0) is 10.5. The van der Waals surface area contributed by atoms with Gasteiger partial charge in [-0.15, -0.1) is 21.5 Å². The summed E-state index contributed by atoms with van der Waals surface area (Å²) < 4.78 is 4.82. The molecule has 15 heavy (non-hydrogen) atoms. The Morgan fingerprint density at radius 1 is 1.60 bits per heavy atom. The molecule has 2 aromatic heterocycles. The molecule has 0 aromatic carbocycles. The highest BCUT2D eigenvalue weighted by molar-refractivity contribution is 7.13. The summed E-state index contributed by atoms with van der Waals surface area (Å²) in [7, 11) is 0. The third-order valence-corrected chi connectivity index (χ3v) is 2.11. The average Bonchev–Trinajstić information content (AvgIpc) is 2.86. The molecule has 0 saturated carbocycles. The zero-order valence-corrected chi connectivity index (χ0v) is 8.27. The van der Waals surface area contributed by atoms with Crippen LogP contribution in [0.1, 0.15) is 5.89 Å². The number of rotatable bonds is 3. The molecule has 6 nitrogen and oxygen atoms in total. The van der Waals surface area contributed by atoms with Crippen molar-refractivity contribution in [2.45, 2.75) is 0 Å². The van der Waals surface area contributed by atoms with E-state index in [9.17, 15) is 4.79 Å². The topological polar surface area (TPSA) is 80.9 Å². The number of carbonyl (C=O) groups is 1. The van der Waals surface area contributed by atoms with E-state index in [1.807, 2.05) is 0 Å². The number of nitrogens with zero attached hydrogens (tertiary/aromatic N) is 3. The number of thiazole rings is 1. The fourth-order valence-electron chi connectivity index (χ4n) is 0.833. The van der Waals surface area contributed by atoms with Crippen LogP contribution >= 0.6 is 11.3 Å². The van der Waals surface area contributed by atoms with Crippen molar-refractivity contribution in [1.29, 1.82) is 0 Å². The molecule has 2 heterocycles. The van der Waals surface area contributed by atoms with Crippen molar-refractivity contribution < 1.29 is 9.21 Å². The van der Waals surface area contributed by atoms with E-state index in [0.29, 0.717) is 5.13 Å². The van der Waals surface area contributed by atoms with Gasteiger partial charge in [-0.2, -0.15) is 0 Å². The Bertz CT molecular complexity index is 449. The van der Waals surface area contributed by atoms with E-state index in [-0.39, 0.29) is 11.8 Å². The summed E-state index contributed by atoms with van der Waals surface area (Å²) >= 11 is 1.35. The van der Waals surface area contributed by atoms with Crippen molar-refractivity contribution in [1.82, 2.24) is 15.2 Å². The van der Waals surface area contributed by atoms with Crippen LogP contribution in [0, 0.1) is 0 Å². The van der Waals surface area contributed by atoms with E-state index >= 15 is 0 Å². The van der Waals surface area contributed by atoms with Gasteiger partial charge in [0.05, 0.1) is 0 Å². The van der Waals surface area contributed by atoms with Gasteiger partial charge < -0.3 is 4.42 Å². The zero-order valence-electron chi connectivity index (χ0n) is 7.45. The van der Waals surface area contributed by atoms with Crippen molar-refractivity contribution in [3.63, 3.8) is 0 Å². The molecule has 2 rings (SSSR count). The van der Waals surface area contributed by atoms with Crippen LogP contribution < -0.4 is 5.32 Å². The van der Waals surface area contributed by atoms with Crippen molar-refractivity contribution in [2.24, 2.45) is 0 Å². The van der Waals surface area contributed by atoms with Crippen LogP contribution in [0.4, 0.5) is 5.13 Å². The molecule has 1 amide bonds. The van der Waals surface area contributed by atoms with E-state index in [1.165, 1.54) is 29.9 Å². The van der Waals surface area contributed by atoms with Crippen molar-refractivity contribution >= 4 is 28.5 Å². The molecule has 1 N–H and O–H groups in total. The number of aromatic nitrogens is 3. The van der Waals surface area contributed by atoms with E-state index < -0.39 is 0 Å². The molecule has 0 radical (unpaired) electrons. The van der Waals surface area contributed by atoms with Gasteiger partial charge in [-0.3, -0.25) is 10.1 Å². The molecular formula is C8H6N4O2S. The average molecular weight is 222 g/mol. The Morgan fingerprint density at radius 2 is 2.53 bits per heavy atom. The summed E-state index contributed by atoms with van der Waals surface area (Å²) in [6, 6.07) is 0. The van der Waals surface area contributed by atoms with Crippen LogP contribution in [-0.4, -0.2) is 21.1 Å². The lowest BCUT2D eigenvalue weighted by molar-refractivity contribution is -0.111. The van der Waals surface area contributed by atoms with Gasteiger partial charge in [0, 0.05) is 23.7 Å². The second-order valence-electron chi connectivity index (χ2n) is 2.44. The summed E-state index contributed by atoms with van der Waals surface area (Å²) in [5, 5.41) is 12.0. The fraction of sp³-hybridized carbons (Fsp3) is 0. The highest BCUT2D eigenvalue weighted by Crippen LogP contribution is 2.10. The summed E-state index contributed by atoms with van der Waals surface area (Å²) in [4.78, 5) is 15.2. The third kappa shape index (κ3) is 2.71. The first-order valence-electron chi connectivity index (χ1n) is 3.99. The number of nitrogens with one attached hydrogen (secondary N) is 1. The summed E-state index contributed by atoms with van der Waals surface area (Å²) in [5.41, 5.74) is 0. The van der Waals surface area contributed by atoms with E-state index in [0.717, 1.165) is 0 Å². The van der Waals surface area contributed by atoms with Gasteiger partial charge in [-0.25, -0.2) is 4.98 Å². The second kappa shape index (κ2) is 4.47. The van der Waals surface area contributed by atoms with E-state index in [2.05, 4.69) is 20.5 Å². The van der Waals surface area contributed by atoms with E-state index in [1.54, 1.807) is 11.6 Å². The fourth-order valence-corrected chi connectivity index (χ4v) is 1.37. The highest BCUT2D eigenvalue weighted by atomic mass is 32.1. The van der Waals surface area contributed by atoms with Crippen LogP contribution in [-0.2, 0) is 4.79 Å². The number of hydrogen-bond acceptors (Lipinski definition) is 6. The first-order valence-corrected chi connectivity index (χ1v) is 4.87. The van der Waals surface area contributed by atoms with Crippen LogP contribution in [0.25, 0.3) is 6.08 Å². The Morgan fingerprint density at radius 3 is 3.20 bits per heavy atom. The number of hydrogen-bond donors (Lipinski definition) is 1. The lowest BCUT2D eigenvalue weighted by Gasteiger charge is -1.93. The molecule has 0 bridgehead atoms. The smallest absolute Gasteiger partial charge is 0.250 e. The SMILES string of the molecule is O=C(/C=C/c1nnco1)Nc1nccs1. The molecule has 7 heteroatoms. The first kappa shape index (κ1) is 9.53. The largest absolute Gasteiger partial charge is 0.424 e. The minimum Gasteiger partial charge on any atom is -0.424 e. The predicted octanol–water partition coefficient (Wildman–Crippen LogP) is 1.18. The molecule has 0 aliphatic heterocycles. The highest BCUT2D eigenvalue weighted by Gasteiger charge is 1.99. The first-order chi connectivity index (χ1) is 7.34. The summed E-state index contributed by atoms with van der Waals surface area (Å²) in [6.45, 7) is 0. The molecule has 0 saturated heterocycles. The maximum atomic E-state index is 11.3. The Hall–Kier alpha value is -2.02. The normalized spacial score (nSPS) is 10.7. The maximum Gasteiger partial charge on any atom is 0.250 e. The Labute approximate surface area is 88.7 Å². The number of amides is 1. The lowest BCUT2D eigenvalue weighted by Crippen LogP contribution is -2.07. The monoisotopic (exact) mass is 222 g/mol. The molecule has 2 aromatic rings. The van der Waals surface area contributed by atoms with Crippen molar-refractivity contribution in [2.75, 3.05) is 5.32 Å². The van der Waals surface area contributed by atoms with Gasteiger partial charge in [0.25, 0.3) is 0 Å². The third-order valence-electron chi connectivity index (χ3n) is 1.42. The number of anilines is 1. The van der Waals surface area contributed by atoms with Crippen LogP contribution in [0.3, 0.4) is 0 Å². The molecular weight excluding hydrogens is 216 g/mol. The molecule has 0 atom stereocenters. The van der Waals surface area contributed by atoms with Gasteiger partial charge in [0.2, 0.25) is 18.2 Å². The predicted molar refractivity (Wildman–Crippen MR) is 54.1 cm³/mol. The van der Waals surface area contributed by atoms with Gasteiger partial charge >= 0.3 is 0 Å².